The van der Waals surface area contributed by atoms with Crippen LogP contribution in [0.5, 0.6) is 0 Å². The van der Waals surface area contributed by atoms with Crippen LogP contribution in [0.25, 0.3) is 0 Å². The summed E-state index contributed by atoms with van der Waals surface area (Å²) in [6.07, 6.45) is -6.50. The molecule has 4 N–H and O–H groups in total. The summed E-state index contributed by atoms with van der Waals surface area (Å²) in [5, 5.41) is 45.8. The van der Waals surface area contributed by atoms with Crippen molar-refractivity contribution >= 4 is 11.9 Å². The highest BCUT2D eigenvalue weighted by atomic mass is 16.8. The maximum absolute atomic E-state index is 14.0. The Kier molecular flexibility index (Phi) is 15.8. The van der Waals surface area contributed by atoms with Gasteiger partial charge in [0.2, 0.25) is 0 Å². The van der Waals surface area contributed by atoms with Gasteiger partial charge in [0.1, 0.15) is 42.7 Å². The lowest BCUT2D eigenvalue weighted by Gasteiger charge is -2.67. The number of hydrogen-bond donors (Lipinski definition) is 4. The maximum atomic E-state index is 14.0. The average Bonchev–Trinajstić information content (AvgIpc) is 3.59. The molecule has 4 saturated carbocycles. The van der Waals surface area contributed by atoms with Crippen molar-refractivity contribution in [1.82, 2.24) is 0 Å². The number of fused-ring (bicyclic) bond motifs is 5. The quantitative estimate of drug-likeness (QED) is 0.159. The third-order valence-electron chi connectivity index (χ3n) is 17.9. The molecule has 7 aliphatic rings. The molecule has 3 aliphatic heterocycles. The fourth-order valence-electron chi connectivity index (χ4n) is 14.4. The van der Waals surface area contributed by atoms with Crippen molar-refractivity contribution in [2.45, 2.75) is 216 Å². The van der Waals surface area contributed by atoms with Crippen molar-refractivity contribution in [3.63, 3.8) is 0 Å². The predicted octanol–water partition coefficient (Wildman–Crippen LogP) is 4.46. The highest BCUT2D eigenvalue weighted by Crippen LogP contribution is 2.70. The van der Waals surface area contributed by atoms with E-state index >= 15 is 0 Å². The molecule has 0 amide bonds. The van der Waals surface area contributed by atoms with Crippen molar-refractivity contribution in [3.8, 4) is 0 Å². The van der Waals surface area contributed by atoms with Gasteiger partial charge in [-0.1, -0.05) is 32.0 Å². The van der Waals surface area contributed by atoms with E-state index in [4.69, 9.17) is 52.1 Å². The monoisotopic (exact) mass is 963 g/mol. The summed E-state index contributed by atoms with van der Waals surface area (Å²) < 4.78 is 68.6. The molecule has 3 saturated heterocycles. The molecular weight excluding hydrogens is 885 g/mol. The number of esters is 2. The van der Waals surface area contributed by atoms with Crippen molar-refractivity contribution in [2.75, 3.05) is 21.3 Å². The van der Waals surface area contributed by atoms with E-state index in [2.05, 4.69) is 6.92 Å². The molecule has 68 heavy (non-hydrogen) atoms. The fraction of sp³-hybridized carbons (Fsp3) is 0.843. The lowest BCUT2D eigenvalue weighted by molar-refractivity contribution is -0.352. The molecule has 24 atom stereocenters. The Morgan fingerprint density at radius 2 is 1.35 bits per heavy atom. The molecule has 1 aromatic rings. The molecule has 17 heteroatoms. The number of benzene rings is 1. The van der Waals surface area contributed by atoms with Gasteiger partial charge in [-0.25, -0.2) is 4.79 Å². The number of rotatable bonds is 13. The van der Waals surface area contributed by atoms with Crippen LogP contribution in [0.4, 0.5) is 0 Å². The number of ether oxygens (including phenoxy) is 11. The Labute approximate surface area is 401 Å². The zero-order valence-corrected chi connectivity index (χ0v) is 41.5. The predicted molar refractivity (Wildman–Crippen MR) is 242 cm³/mol. The molecule has 0 bridgehead atoms. The summed E-state index contributed by atoms with van der Waals surface area (Å²) in [7, 11) is 4.65. The molecule has 1 aromatic carbocycles. The van der Waals surface area contributed by atoms with E-state index in [9.17, 15) is 30.0 Å². The van der Waals surface area contributed by atoms with Crippen LogP contribution < -0.4 is 0 Å². The summed E-state index contributed by atoms with van der Waals surface area (Å²) in [5.74, 6) is -1.90. The first-order valence-electron chi connectivity index (χ1n) is 25.0. The van der Waals surface area contributed by atoms with Crippen molar-refractivity contribution in [2.24, 2.45) is 34.5 Å². The average molecular weight is 963 g/mol. The minimum absolute atomic E-state index is 0.139. The van der Waals surface area contributed by atoms with Gasteiger partial charge in [-0.3, -0.25) is 4.79 Å². The summed E-state index contributed by atoms with van der Waals surface area (Å²) in [4.78, 5) is 27.1. The Morgan fingerprint density at radius 1 is 0.721 bits per heavy atom. The summed E-state index contributed by atoms with van der Waals surface area (Å²) in [5.41, 5.74) is -2.43. The molecule has 0 aromatic heterocycles. The molecule has 4 aliphatic carbocycles. The Morgan fingerprint density at radius 3 is 1.96 bits per heavy atom. The highest BCUT2D eigenvalue weighted by Gasteiger charge is 2.76. The van der Waals surface area contributed by atoms with Crippen LogP contribution in [0.2, 0.25) is 0 Å². The molecule has 3 heterocycles. The van der Waals surface area contributed by atoms with E-state index in [1.165, 1.54) is 14.0 Å². The topological polar surface area (TPSA) is 217 Å². The van der Waals surface area contributed by atoms with Crippen LogP contribution in [0.3, 0.4) is 0 Å². The number of hydrogen-bond acceptors (Lipinski definition) is 17. The van der Waals surface area contributed by atoms with Gasteiger partial charge in [-0.2, -0.15) is 0 Å². The van der Waals surface area contributed by atoms with Crippen LogP contribution >= 0.6 is 0 Å². The SMILES string of the molecule is CO[C@H]1[C@@H](O)[C@H](O[C@@H]2[C@@H](C)O[C@@H](O[C@H]3[C@@H](OC)C[C@H](O[C@H]4CC[C@@]5(C)[C@@H](CC[C@@H]6[C@@H]5[C@H](OC(C)=O)[C@@H](OC(=O)c5ccccc5)[C@]5(C)[C@@H]([C@@H](C)O)CC[C@]65O)C4)O[C@@H]3C)C[C@H]2OC)O[C@H](C)[C@H]1O. The molecule has 17 nitrogen and oxygen atoms in total. The first-order chi connectivity index (χ1) is 32.3. The van der Waals surface area contributed by atoms with E-state index in [1.807, 2.05) is 26.8 Å². The summed E-state index contributed by atoms with van der Waals surface area (Å²) in [6.45, 7) is 12.8. The summed E-state index contributed by atoms with van der Waals surface area (Å²) in [6, 6.07) is 8.72. The number of aliphatic hydroxyl groups excluding tert-OH is 3. The first-order valence-corrected chi connectivity index (χ1v) is 25.0. The molecule has 384 valence electrons. The highest BCUT2D eigenvalue weighted by molar-refractivity contribution is 5.89. The first kappa shape index (κ1) is 52.0. The molecular formula is C51H78O17. The van der Waals surface area contributed by atoms with Gasteiger partial charge < -0.3 is 72.5 Å². The standard InChI is InChI=1S/C51H78O17/c1-25(52)33-19-21-51(57)34-17-16-31-22-32(18-20-49(31,6)39(34)44(64-29(5)53)46(50(33,51)7)68-47(56)30-14-12-11-13-15-30)65-37-23-35(58-8)42(27(3)61-37)66-38-24-36(59-9)43(28(4)62-38)67-48-41(55)45(60-10)40(54)26(2)63-48/h11-15,25-28,31-46,48,52,54-55,57H,16-24H2,1-10H3/t25-,26-,27-,28-,31+,32+,33-,34-,35+,36-,37+,38+,39-,40-,41-,42-,43-,44+,45-,46-,48+,49+,50+,51+/m1/s1. The Hall–Kier alpha value is -2.36. The smallest absolute Gasteiger partial charge is 0.338 e. The van der Waals surface area contributed by atoms with Gasteiger partial charge in [0.05, 0.1) is 53.9 Å². The third kappa shape index (κ3) is 9.33. The molecule has 7 fully saturated rings. The van der Waals surface area contributed by atoms with Crippen LogP contribution in [0.15, 0.2) is 30.3 Å². The van der Waals surface area contributed by atoms with E-state index in [1.54, 1.807) is 52.3 Å². The van der Waals surface area contributed by atoms with E-state index in [0.717, 1.165) is 19.3 Å². The summed E-state index contributed by atoms with van der Waals surface area (Å²) >= 11 is 0. The zero-order valence-electron chi connectivity index (χ0n) is 41.5. The van der Waals surface area contributed by atoms with Gasteiger partial charge >= 0.3 is 11.9 Å². The van der Waals surface area contributed by atoms with Crippen molar-refractivity contribution in [3.05, 3.63) is 35.9 Å². The Bertz CT molecular complexity index is 1870. The van der Waals surface area contributed by atoms with Gasteiger partial charge in [0, 0.05) is 52.4 Å². The van der Waals surface area contributed by atoms with E-state index in [0.29, 0.717) is 44.1 Å². The second-order valence-electron chi connectivity index (χ2n) is 21.5. The van der Waals surface area contributed by atoms with Gasteiger partial charge in [-0.05, 0) is 108 Å². The van der Waals surface area contributed by atoms with E-state index < -0.39 is 126 Å². The Balaban J connectivity index is 0.935. The normalized spacial score (nSPS) is 48.6. The van der Waals surface area contributed by atoms with Crippen LogP contribution in [-0.2, 0) is 56.9 Å². The second kappa shape index (κ2) is 20.6. The molecule has 0 spiro atoms. The third-order valence-corrected chi connectivity index (χ3v) is 17.9. The lowest BCUT2D eigenvalue weighted by atomic mass is 9.41. The molecule has 0 unspecified atom stereocenters. The van der Waals surface area contributed by atoms with Crippen LogP contribution in [0, 0.1) is 34.5 Å². The van der Waals surface area contributed by atoms with Crippen LogP contribution in [0.1, 0.15) is 117 Å². The molecule has 0 radical (unpaired) electrons. The zero-order chi connectivity index (χ0) is 49.0. The van der Waals surface area contributed by atoms with Crippen molar-refractivity contribution in [1.29, 1.82) is 0 Å². The largest absolute Gasteiger partial charge is 0.458 e. The maximum Gasteiger partial charge on any atom is 0.338 e. The fourth-order valence-corrected chi connectivity index (χ4v) is 14.4. The van der Waals surface area contributed by atoms with Gasteiger partial charge in [0.25, 0.3) is 0 Å². The molecule has 8 rings (SSSR count). The number of carbonyl (C=O) groups excluding carboxylic acids is 2. The van der Waals surface area contributed by atoms with E-state index in [-0.39, 0.29) is 30.0 Å². The minimum Gasteiger partial charge on any atom is -0.458 e. The van der Waals surface area contributed by atoms with Gasteiger partial charge in [0.15, 0.2) is 18.9 Å². The lowest BCUT2D eigenvalue weighted by Crippen LogP contribution is -2.73. The second-order valence-corrected chi connectivity index (χ2v) is 21.5. The minimum atomic E-state index is -1.29. The number of aliphatic hydroxyl groups is 4. The van der Waals surface area contributed by atoms with Crippen molar-refractivity contribution < 1.29 is 82.1 Å². The number of methoxy groups -OCH3 is 3. The van der Waals surface area contributed by atoms with Crippen LogP contribution in [-0.4, -0.2) is 164 Å². The van der Waals surface area contributed by atoms with Gasteiger partial charge in [-0.15, -0.1) is 0 Å². The number of carbonyl (C=O) groups is 2.